The number of nitrogens with zero attached hydrogens (tertiary/aromatic N) is 2. The van der Waals surface area contributed by atoms with Gasteiger partial charge in [-0.05, 0) is 55.0 Å². The van der Waals surface area contributed by atoms with Crippen molar-refractivity contribution in [1.82, 2.24) is 9.97 Å². The summed E-state index contributed by atoms with van der Waals surface area (Å²) in [7, 11) is 0. The summed E-state index contributed by atoms with van der Waals surface area (Å²) in [5, 5.41) is 4.03. The summed E-state index contributed by atoms with van der Waals surface area (Å²) in [5.41, 5.74) is 4.19. The van der Waals surface area contributed by atoms with Gasteiger partial charge in [0.05, 0.1) is 11.4 Å². The summed E-state index contributed by atoms with van der Waals surface area (Å²) in [5.74, 6) is 0.594. The molecule has 27 heavy (non-hydrogen) atoms. The molecule has 138 valence electrons. The zero-order valence-corrected chi connectivity index (χ0v) is 16.4. The second-order valence-electron chi connectivity index (χ2n) is 7.31. The number of hydrogen-bond donors (Lipinski definition) is 1. The van der Waals surface area contributed by atoms with E-state index in [4.69, 9.17) is 4.98 Å². The number of anilines is 1. The molecule has 0 fully saturated rings. The molecule has 2 aromatic heterocycles. The van der Waals surface area contributed by atoms with Gasteiger partial charge in [-0.3, -0.25) is 9.78 Å². The van der Waals surface area contributed by atoms with Gasteiger partial charge >= 0.3 is 0 Å². The minimum absolute atomic E-state index is 0.000641. The van der Waals surface area contributed by atoms with Crippen molar-refractivity contribution in [2.24, 2.45) is 5.92 Å². The van der Waals surface area contributed by atoms with Crippen LogP contribution in [0.15, 0.2) is 48.7 Å². The number of thiazole rings is 1. The predicted molar refractivity (Wildman–Crippen MR) is 110 cm³/mol. The monoisotopic (exact) mass is 377 g/mol. The highest BCUT2D eigenvalue weighted by Gasteiger charge is 2.28. The molecule has 3 aromatic rings. The van der Waals surface area contributed by atoms with Crippen molar-refractivity contribution in [3.05, 3.63) is 64.8 Å². The number of aryl methyl sites for hydroxylation is 1. The van der Waals surface area contributed by atoms with E-state index < -0.39 is 0 Å². The second-order valence-corrected chi connectivity index (χ2v) is 8.39. The summed E-state index contributed by atoms with van der Waals surface area (Å²) < 4.78 is 0. The zero-order chi connectivity index (χ0) is 18.8. The standard InChI is InChI=1S/C22H23N3OS/c1-14(2)15-6-9-17(10-7-15)24-21(26)16-8-11-18-20(13-16)27-22(25-18)19-5-3-4-12-23-19/h3-7,9-10,12,14,16H,8,11,13H2,1-2H3,(H,24,26). The van der Waals surface area contributed by atoms with E-state index in [-0.39, 0.29) is 11.8 Å². The Labute approximate surface area is 163 Å². The zero-order valence-electron chi connectivity index (χ0n) is 15.6. The topological polar surface area (TPSA) is 54.9 Å². The molecule has 1 aromatic carbocycles. The Morgan fingerprint density at radius 1 is 1.19 bits per heavy atom. The molecule has 1 N–H and O–H groups in total. The molecule has 4 rings (SSSR count). The first-order chi connectivity index (χ1) is 13.1. The van der Waals surface area contributed by atoms with Crippen LogP contribution in [0.3, 0.4) is 0 Å². The molecule has 0 bridgehead atoms. The smallest absolute Gasteiger partial charge is 0.227 e. The van der Waals surface area contributed by atoms with Crippen LogP contribution in [0.1, 0.15) is 42.3 Å². The summed E-state index contributed by atoms with van der Waals surface area (Å²) in [6, 6.07) is 14.0. The first-order valence-corrected chi connectivity index (χ1v) is 10.2. The number of pyridine rings is 1. The Morgan fingerprint density at radius 2 is 2.00 bits per heavy atom. The van der Waals surface area contributed by atoms with E-state index in [9.17, 15) is 4.79 Å². The molecular formula is C22H23N3OS. The van der Waals surface area contributed by atoms with Gasteiger partial charge in [0.2, 0.25) is 5.91 Å². The molecule has 1 amide bonds. The normalized spacial score (nSPS) is 16.2. The Balaban J connectivity index is 1.44. The lowest BCUT2D eigenvalue weighted by Gasteiger charge is -2.20. The van der Waals surface area contributed by atoms with Crippen LogP contribution in [0.2, 0.25) is 0 Å². The maximum atomic E-state index is 12.7. The molecule has 0 aliphatic heterocycles. The van der Waals surface area contributed by atoms with Crippen LogP contribution >= 0.6 is 11.3 Å². The number of benzene rings is 1. The third kappa shape index (κ3) is 3.93. The maximum absolute atomic E-state index is 12.7. The van der Waals surface area contributed by atoms with E-state index in [2.05, 4.69) is 36.3 Å². The van der Waals surface area contributed by atoms with E-state index in [0.717, 1.165) is 41.3 Å². The van der Waals surface area contributed by atoms with Crippen LogP contribution in [0.25, 0.3) is 10.7 Å². The van der Waals surface area contributed by atoms with E-state index >= 15 is 0 Å². The van der Waals surface area contributed by atoms with Crippen LogP contribution in [0, 0.1) is 5.92 Å². The molecule has 4 nitrogen and oxygen atoms in total. The molecule has 5 heteroatoms. The van der Waals surface area contributed by atoms with Gasteiger partial charge in [0.25, 0.3) is 0 Å². The van der Waals surface area contributed by atoms with Crippen molar-refractivity contribution in [3.8, 4) is 10.7 Å². The lowest BCUT2D eigenvalue weighted by Crippen LogP contribution is -2.27. The molecule has 1 atom stereocenters. The molecule has 1 aliphatic carbocycles. The fraction of sp³-hybridized carbons (Fsp3) is 0.318. The Bertz CT molecular complexity index is 932. The highest BCUT2D eigenvalue weighted by atomic mass is 32.1. The molecule has 0 saturated carbocycles. The van der Waals surface area contributed by atoms with Crippen molar-refractivity contribution < 1.29 is 4.79 Å². The van der Waals surface area contributed by atoms with Crippen LogP contribution in [-0.2, 0) is 17.6 Å². The molecule has 0 saturated heterocycles. The first-order valence-electron chi connectivity index (χ1n) is 9.41. The fourth-order valence-corrected chi connectivity index (χ4v) is 4.56. The number of carbonyl (C=O) groups excluding carboxylic acids is 1. The van der Waals surface area contributed by atoms with Crippen LogP contribution < -0.4 is 5.32 Å². The number of fused-ring (bicyclic) bond motifs is 1. The summed E-state index contributed by atoms with van der Waals surface area (Å²) in [4.78, 5) is 23.1. The molecule has 2 heterocycles. The predicted octanol–water partition coefficient (Wildman–Crippen LogP) is 5.07. The van der Waals surface area contributed by atoms with Crippen molar-refractivity contribution in [2.45, 2.75) is 39.0 Å². The van der Waals surface area contributed by atoms with Crippen LogP contribution in [0.4, 0.5) is 5.69 Å². The molecule has 1 aliphatic rings. The molecule has 0 radical (unpaired) electrons. The second kappa shape index (κ2) is 7.61. The first kappa shape index (κ1) is 17.9. The van der Waals surface area contributed by atoms with Crippen molar-refractivity contribution >= 4 is 22.9 Å². The third-order valence-electron chi connectivity index (χ3n) is 5.04. The Hall–Kier alpha value is -2.53. The largest absolute Gasteiger partial charge is 0.326 e. The van der Waals surface area contributed by atoms with Gasteiger partial charge in [0.1, 0.15) is 5.01 Å². The van der Waals surface area contributed by atoms with Gasteiger partial charge < -0.3 is 5.32 Å². The molecule has 1 unspecified atom stereocenters. The van der Waals surface area contributed by atoms with Gasteiger partial charge in [0, 0.05) is 22.7 Å². The average Bonchev–Trinajstić information content (AvgIpc) is 3.12. The fourth-order valence-electron chi connectivity index (χ4n) is 3.39. The van der Waals surface area contributed by atoms with Gasteiger partial charge in [-0.25, -0.2) is 4.98 Å². The van der Waals surface area contributed by atoms with E-state index in [1.54, 1.807) is 17.5 Å². The average molecular weight is 378 g/mol. The summed E-state index contributed by atoms with van der Waals surface area (Å²) in [6.07, 6.45) is 4.24. The number of nitrogens with one attached hydrogen (secondary N) is 1. The number of hydrogen-bond acceptors (Lipinski definition) is 4. The SMILES string of the molecule is CC(C)c1ccc(NC(=O)C2CCc3nc(-c4ccccn4)sc3C2)cc1. The summed E-state index contributed by atoms with van der Waals surface area (Å²) >= 11 is 1.67. The lowest BCUT2D eigenvalue weighted by molar-refractivity contribution is -0.120. The maximum Gasteiger partial charge on any atom is 0.227 e. The minimum atomic E-state index is -0.000641. The number of aromatic nitrogens is 2. The third-order valence-corrected chi connectivity index (χ3v) is 6.18. The quantitative estimate of drug-likeness (QED) is 0.690. The number of amides is 1. The van der Waals surface area contributed by atoms with Crippen molar-refractivity contribution in [2.75, 3.05) is 5.32 Å². The highest BCUT2D eigenvalue weighted by Crippen LogP contribution is 2.34. The number of rotatable bonds is 4. The van der Waals surface area contributed by atoms with Crippen molar-refractivity contribution in [1.29, 1.82) is 0 Å². The van der Waals surface area contributed by atoms with Gasteiger partial charge in [-0.2, -0.15) is 0 Å². The Kier molecular flexibility index (Phi) is 5.03. The molecule has 0 spiro atoms. The highest BCUT2D eigenvalue weighted by molar-refractivity contribution is 7.15. The van der Waals surface area contributed by atoms with Crippen molar-refractivity contribution in [3.63, 3.8) is 0 Å². The van der Waals surface area contributed by atoms with Crippen LogP contribution in [0.5, 0.6) is 0 Å². The van der Waals surface area contributed by atoms with E-state index in [0.29, 0.717) is 5.92 Å². The van der Waals surface area contributed by atoms with E-state index in [1.165, 1.54) is 10.4 Å². The van der Waals surface area contributed by atoms with Gasteiger partial charge in [0.15, 0.2) is 0 Å². The minimum Gasteiger partial charge on any atom is -0.326 e. The van der Waals surface area contributed by atoms with Gasteiger partial charge in [-0.1, -0.05) is 32.0 Å². The lowest BCUT2D eigenvalue weighted by atomic mass is 9.90. The van der Waals surface area contributed by atoms with Crippen LogP contribution in [-0.4, -0.2) is 15.9 Å². The van der Waals surface area contributed by atoms with Gasteiger partial charge in [-0.15, -0.1) is 11.3 Å². The number of carbonyl (C=O) groups is 1. The summed E-state index contributed by atoms with van der Waals surface area (Å²) in [6.45, 7) is 4.34. The Morgan fingerprint density at radius 3 is 2.70 bits per heavy atom. The van der Waals surface area contributed by atoms with E-state index in [1.807, 2.05) is 30.3 Å². The molecular weight excluding hydrogens is 354 g/mol.